The summed E-state index contributed by atoms with van der Waals surface area (Å²) in [5, 5.41) is 0. The fourth-order valence-corrected chi connectivity index (χ4v) is 4.25. The molecule has 4 rings (SSSR count). The normalized spacial score (nSPS) is 30.7. The van der Waals surface area contributed by atoms with E-state index >= 15 is 0 Å². The molecule has 0 unspecified atom stereocenters. The van der Waals surface area contributed by atoms with Crippen molar-refractivity contribution in [1.82, 2.24) is 9.55 Å². The van der Waals surface area contributed by atoms with Crippen LogP contribution in [0, 0.1) is 5.82 Å². The minimum atomic E-state index is -3.85. The maximum absolute atomic E-state index is 13.5. The predicted molar refractivity (Wildman–Crippen MR) is 85.3 cm³/mol. The number of aromatic amines is 1. The van der Waals surface area contributed by atoms with Crippen LogP contribution in [0.1, 0.15) is 12.6 Å². The average Bonchev–Trinajstić information content (AvgIpc) is 3.01. The van der Waals surface area contributed by atoms with E-state index in [0.717, 1.165) is 10.8 Å². The van der Waals surface area contributed by atoms with Gasteiger partial charge in [-0.1, -0.05) is 18.2 Å². The van der Waals surface area contributed by atoms with Crippen LogP contribution in [0.5, 0.6) is 5.75 Å². The van der Waals surface area contributed by atoms with Crippen LogP contribution in [0.3, 0.4) is 0 Å². The number of rotatable bonds is 3. The van der Waals surface area contributed by atoms with Gasteiger partial charge in [0.1, 0.15) is 24.2 Å². The minimum absolute atomic E-state index is 0.0775. The summed E-state index contributed by atoms with van der Waals surface area (Å²) in [4.78, 5) is 24.9. The van der Waals surface area contributed by atoms with Gasteiger partial charge in [0.05, 0.1) is 12.8 Å². The summed E-state index contributed by atoms with van der Waals surface area (Å²) < 4.78 is 48.7. The Morgan fingerprint density at radius 1 is 1.23 bits per heavy atom. The second kappa shape index (κ2) is 6.48. The number of nitrogens with one attached hydrogen (secondary N) is 1. The lowest BCUT2D eigenvalue weighted by Gasteiger charge is -2.29. The molecule has 1 N–H and O–H groups in total. The van der Waals surface area contributed by atoms with Crippen molar-refractivity contribution < 1.29 is 27.3 Å². The van der Waals surface area contributed by atoms with Crippen LogP contribution in [-0.4, -0.2) is 28.4 Å². The van der Waals surface area contributed by atoms with E-state index in [9.17, 15) is 18.5 Å². The first-order valence-corrected chi connectivity index (χ1v) is 9.24. The van der Waals surface area contributed by atoms with Crippen molar-refractivity contribution in [3.05, 3.63) is 63.2 Å². The van der Waals surface area contributed by atoms with Crippen LogP contribution in [0.25, 0.3) is 0 Å². The van der Waals surface area contributed by atoms with Crippen LogP contribution in [-0.2, 0) is 18.3 Å². The molecule has 2 saturated heterocycles. The molecule has 0 bridgehead atoms. The molecule has 4 atom stereocenters. The topological polar surface area (TPSA) is 109 Å². The molecule has 0 aliphatic carbocycles. The zero-order valence-electron chi connectivity index (χ0n) is 13.2. The van der Waals surface area contributed by atoms with E-state index < -0.39 is 43.3 Å². The van der Waals surface area contributed by atoms with Gasteiger partial charge < -0.3 is 9.26 Å². The maximum atomic E-state index is 13.5. The lowest BCUT2D eigenvalue weighted by atomic mass is 10.2. The fraction of sp³-hybridized carbons (Fsp3) is 0.333. The highest BCUT2D eigenvalue weighted by molar-refractivity contribution is 7.49. The first-order chi connectivity index (χ1) is 12.4. The third-order valence-electron chi connectivity index (χ3n) is 4.04. The molecule has 2 fully saturated rings. The summed E-state index contributed by atoms with van der Waals surface area (Å²) in [7, 11) is -3.85. The molecule has 2 aliphatic rings. The summed E-state index contributed by atoms with van der Waals surface area (Å²) in [5.74, 6) is -0.790. The number of nitrogens with zero attached hydrogens (tertiary/aromatic N) is 1. The largest absolute Gasteiger partial charge is 0.530 e. The van der Waals surface area contributed by atoms with Gasteiger partial charge >= 0.3 is 13.5 Å². The second-order valence-electron chi connectivity index (χ2n) is 5.80. The van der Waals surface area contributed by atoms with E-state index in [1.165, 1.54) is 0 Å². The smallest absolute Gasteiger partial charge is 0.404 e. The Hall–Kier alpha value is -2.26. The van der Waals surface area contributed by atoms with Gasteiger partial charge in [-0.05, 0) is 12.1 Å². The third kappa shape index (κ3) is 3.24. The van der Waals surface area contributed by atoms with E-state index in [0.29, 0.717) is 5.75 Å². The number of fused-ring (bicyclic) bond motifs is 1. The molecule has 0 saturated carbocycles. The van der Waals surface area contributed by atoms with Gasteiger partial charge in [0, 0.05) is 6.42 Å². The number of hydrogen-bond acceptors (Lipinski definition) is 7. The highest BCUT2D eigenvalue weighted by Gasteiger charge is 2.48. The Balaban J connectivity index is 1.51. The van der Waals surface area contributed by atoms with Crippen LogP contribution < -0.4 is 15.8 Å². The van der Waals surface area contributed by atoms with E-state index in [1.54, 1.807) is 30.3 Å². The average molecular weight is 384 g/mol. The molecule has 26 heavy (non-hydrogen) atoms. The minimum Gasteiger partial charge on any atom is -0.404 e. The van der Waals surface area contributed by atoms with E-state index in [-0.39, 0.29) is 13.0 Å². The molecule has 1 aromatic carbocycles. The van der Waals surface area contributed by atoms with Gasteiger partial charge in [0.2, 0.25) is 5.82 Å². The monoisotopic (exact) mass is 384 g/mol. The van der Waals surface area contributed by atoms with Crippen molar-refractivity contribution in [3.8, 4) is 5.75 Å². The van der Waals surface area contributed by atoms with Gasteiger partial charge in [-0.25, -0.2) is 9.36 Å². The molecule has 3 heterocycles. The number of H-pyrrole nitrogens is 1. The van der Waals surface area contributed by atoms with E-state index in [1.807, 2.05) is 4.98 Å². The highest BCUT2D eigenvalue weighted by Crippen LogP contribution is 2.56. The number of phosphoric ester groups is 1. The van der Waals surface area contributed by atoms with Gasteiger partial charge in [0.15, 0.2) is 0 Å². The summed E-state index contributed by atoms with van der Waals surface area (Å²) in [6.45, 7) is -0.0775. The van der Waals surface area contributed by atoms with Gasteiger partial charge in [0.25, 0.3) is 5.56 Å². The Morgan fingerprint density at radius 3 is 2.77 bits per heavy atom. The van der Waals surface area contributed by atoms with E-state index in [2.05, 4.69) is 0 Å². The summed E-state index contributed by atoms with van der Waals surface area (Å²) >= 11 is 0. The molecule has 138 valence electrons. The van der Waals surface area contributed by atoms with Gasteiger partial charge in [-0.3, -0.25) is 23.4 Å². The number of benzene rings is 1. The lowest BCUT2D eigenvalue weighted by molar-refractivity contribution is -0.0668. The summed E-state index contributed by atoms with van der Waals surface area (Å²) in [6, 6.07) is 8.40. The zero-order chi connectivity index (χ0) is 18.3. The zero-order valence-corrected chi connectivity index (χ0v) is 14.1. The van der Waals surface area contributed by atoms with Crippen LogP contribution in [0.2, 0.25) is 0 Å². The Bertz CT molecular complexity index is 976. The molecule has 9 nitrogen and oxygen atoms in total. The Labute approximate surface area is 145 Å². The number of phosphoric acid groups is 1. The van der Waals surface area contributed by atoms with Gasteiger partial charge in [-0.15, -0.1) is 0 Å². The summed E-state index contributed by atoms with van der Waals surface area (Å²) in [6.07, 6.45) is -1.30. The van der Waals surface area contributed by atoms with Crippen molar-refractivity contribution in [2.24, 2.45) is 0 Å². The van der Waals surface area contributed by atoms with E-state index in [4.69, 9.17) is 18.3 Å². The third-order valence-corrected chi connectivity index (χ3v) is 5.47. The fourth-order valence-electron chi connectivity index (χ4n) is 2.83. The van der Waals surface area contributed by atoms with Crippen molar-refractivity contribution in [3.63, 3.8) is 0 Å². The predicted octanol–water partition coefficient (Wildman–Crippen LogP) is 1.57. The number of halogens is 1. The van der Waals surface area contributed by atoms with Crippen molar-refractivity contribution in [2.45, 2.75) is 24.9 Å². The molecule has 2 aromatic rings. The maximum Gasteiger partial charge on any atom is 0.530 e. The first-order valence-electron chi connectivity index (χ1n) is 7.77. The number of ether oxygens (including phenoxy) is 1. The Morgan fingerprint density at radius 2 is 2.00 bits per heavy atom. The molecule has 11 heteroatoms. The quantitative estimate of drug-likeness (QED) is 0.800. The standard InChI is InChI=1S/C15H14FN2O7P/c16-10-7-18(15(20)17-14(10)19)13-6-11-12(23-13)8-22-26(21,25-11)24-9-4-2-1-3-5-9/h1-5,7,11-13H,6,8H2,(H,17,19,20)/t11-,12+,13+,26+/m0/s1. The van der Waals surface area contributed by atoms with Crippen LogP contribution in [0.15, 0.2) is 46.1 Å². The van der Waals surface area contributed by atoms with Crippen LogP contribution >= 0.6 is 7.82 Å². The van der Waals surface area contributed by atoms with Crippen molar-refractivity contribution >= 4 is 7.82 Å². The molecule has 2 aliphatic heterocycles. The number of para-hydroxylation sites is 1. The summed E-state index contributed by atoms with van der Waals surface area (Å²) in [5.41, 5.74) is -1.92. The lowest BCUT2D eigenvalue weighted by Crippen LogP contribution is -2.34. The number of aromatic nitrogens is 2. The molecule has 0 radical (unpaired) electrons. The first kappa shape index (κ1) is 17.2. The number of hydrogen-bond donors (Lipinski definition) is 1. The molecule has 0 amide bonds. The molecular formula is C15H14FN2O7P. The van der Waals surface area contributed by atoms with Crippen molar-refractivity contribution in [1.29, 1.82) is 0 Å². The molecule has 1 aromatic heterocycles. The SMILES string of the molecule is O=c1[nH]c(=O)n([C@H]2C[C@@H]3O[P@@](=O)(Oc4ccccc4)OC[C@H]3O2)cc1F. The molecular weight excluding hydrogens is 370 g/mol. The van der Waals surface area contributed by atoms with Gasteiger partial charge in [-0.2, -0.15) is 4.39 Å². The van der Waals surface area contributed by atoms with Crippen molar-refractivity contribution in [2.75, 3.05) is 6.61 Å². The second-order valence-corrected chi connectivity index (χ2v) is 7.35. The van der Waals surface area contributed by atoms with Crippen LogP contribution in [0.4, 0.5) is 4.39 Å². The Kier molecular flexibility index (Phi) is 4.28. The highest BCUT2D eigenvalue weighted by atomic mass is 31.2. The molecule has 0 spiro atoms.